The average molecular weight is 375 g/mol. The Morgan fingerprint density at radius 1 is 1.14 bits per heavy atom. The highest BCUT2D eigenvalue weighted by Gasteiger charge is 2.21. The molecule has 4 aromatic rings. The summed E-state index contributed by atoms with van der Waals surface area (Å²) < 4.78 is 10.5. The minimum Gasteiger partial charge on any atom is -0.454 e. The van der Waals surface area contributed by atoms with Crippen LogP contribution >= 0.6 is 0 Å². The lowest BCUT2D eigenvalue weighted by Gasteiger charge is -2.07. The van der Waals surface area contributed by atoms with Crippen LogP contribution in [0.5, 0.6) is 0 Å². The van der Waals surface area contributed by atoms with Crippen molar-refractivity contribution in [1.82, 2.24) is 15.1 Å². The maximum atomic E-state index is 12.7. The number of nitrogens with one attached hydrogen (secondary N) is 1. The second-order valence-electron chi connectivity index (χ2n) is 6.45. The zero-order valence-corrected chi connectivity index (χ0v) is 15.4. The van der Waals surface area contributed by atoms with Crippen LogP contribution in [0.4, 0.5) is 0 Å². The number of nitrogens with zero attached hydrogens (tertiary/aromatic N) is 2. The molecule has 0 saturated heterocycles. The number of carbonyl (C=O) groups is 2. The predicted molar refractivity (Wildman–Crippen MR) is 102 cm³/mol. The van der Waals surface area contributed by atoms with Gasteiger partial charge in [-0.25, -0.2) is 9.78 Å². The van der Waals surface area contributed by atoms with E-state index in [0.717, 1.165) is 11.1 Å². The summed E-state index contributed by atoms with van der Waals surface area (Å²) in [5, 5.41) is 4.39. The quantitative estimate of drug-likeness (QED) is 0.420. The Morgan fingerprint density at radius 3 is 2.64 bits per heavy atom. The molecule has 3 heterocycles. The average Bonchev–Trinajstić information content (AvgIpc) is 3.36. The molecule has 0 amide bonds. The molecule has 0 spiro atoms. The molecule has 0 aliphatic carbocycles. The number of hydrogen-bond donors (Lipinski definition) is 1. The van der Waals surface area contributed by atoms with Gasteiger partial charge in [0, 0.05) is 11.8 Å². The number of Topliss-reactive ketones (excluding diaryl/α,β-unsaturated/α-hetero) is 1. The second kappa shape index (κ2) is 7.11. The first-order valence-corrected chi connectivity index (χ1v) is 8.70. The van der Waals surface area contributed by atoms with Gasteiger partial charge in [0.2, 0.25) is 5.78 Å². The van der Waals surface area contributed by atoms with Crippen LogP contribution < -0.4 is 0 Å². The van der Waals surface area contributed by atoms with E-state index in [0.29, 0.717) is 22.5 Å². The summed E-state index contributed by atoms with van der Waals surface area (Å²) in [6.45, 7) is 3.34. The number of aromatic amines is 1. The maximum Gasteiger partial charge on any atom is 0.339 e. The molecule has 0 bridgehead atoms. The van der Waals surface area contributed by atoms with E-state index in [4.69, 9.17) is 9.26 Å². The summed E-state index contributed by atoms with van der Waals surface area (Å²) in [5.74, 6) is -0.948. The van der Waals surface area contributed by atoms with Crippen LogP contribution in [0.3, 0.4) is 0 Å². The van der Waals surface area contributed by atoms with Crippen LogP contribution in [0.15, 0.2) is 53.2 Å². The van der Waals surface area contributed by atoms with E-state index >= 15 is 0 Å². The van der Waals surface area contributed by atoms with Gasteiger partial charge in [-0.05, 0) is 32.0 Å². The number of ether oxygens (including phenoxy) is 1. The summed E-state index contributed by atoms with van der Waals surface area (Å²) in [6, 6.07) is 12.7. The molecule has 0 saturated carbocycles. The lowest BCUT2D eigenvalue weighted by molar-refractivity contribution is 0.0475. The fourth-order valence-corrected chi connectivity index (χ4v) is 2.92. The molecule has 0 fully saturated rings. The zero-order valence-electron chi connectivity index (χ0n) is 15.4. The van der Waals surface area contributed by atoms with Gasteiger partial charge in [0.15, 0.2) is 6.61 Å². The normalized spacial score (nSPS) is 10.9. The smallest absolute Gasteiger partial charge is 0.339 e. The number of aryl methyl sites for hydroxylation is 2. The first-order valence-electron chi connectivity index (χ1n) is 8.70. The number of carbonyl (C=O) groups excluding carboxylic acids is 2. The molecule has 0 aliphatic rings. The summed E-state index contributed by atoms with van der Waals surface area (Å²) in [6.07, 6.45) is 1.63. The van der Waals surface area contributed by atoms with Crippen molar-refractivity contribution in [3.05, 3.63) is 71.2 Å². The molecule has 4 rings (SSSR count). The molecule has 0 unspecified atom stereocenters. The molecule has 0 aliphatic heterocycles. The van der Waals surface area contributed by atoms with Crippen LogP contribution in [0, 0.1) is 13.8 Å². The summed E-state index contributed by atoms with van der Waals surface area (Å²) >= 11 is 0. The third kappa shape index (κ3) is 3.29. The molecule has 1 aromatic carbocycles. The molecule has 3 aromatic heterocycles. The Labute approximate surface area is 160 Å². The van der Waals surface area contributed by atoms with Gasteiger partial charge >= 0.3 is 5.97 Å². The lowest BCUT2D eigenvalue weighted by atomic mass is 10.0. The molecular formula is C21H17N3O4. The van der Waals surface area contributed by atoms with Crippen molar-refractivity contribution in [3.63, 3.8) is 0 Å². The SMILES string of the molecule is Cc1ccc(-c2cc(C(=O)OCC(=O)c3ccc[nH]3)c3c(C)noc3n2)cc1. The predicted octanol–water partition coefficient (Wildman–Crippen LogP) is 3.87. The van der Waals surface area contributed by atoms with E-state index in [2.05, 4.69) is 15.1 Å². The van der Waals surface area contributed by atoms with Gasteiger partial charge in [-0.2, -0.15) is 0 Å². The standard InChI is InChI=1S/C21H17N3O4/c1-12-5-7-14(8-6-12)17-10-15(19-13(2)24-28-20(19)23-17)21(26)27-11-18(25)16-4-3-9-22-16/h3-10,22H,11H2,1-2H3. The van der Waals surface area contributed by atoms with E-state index in [1.807, 2.05) is 31.2 Å². The Bertz CT molecular complexity index is 1160. The minimum absolute atomic E-state index is 0.248. The number of fused-ring (bicyclic) bond motifs is 1. The van der Waals surface area contributed by atoms with Gasteiger partial charge in [0.25, 0.3) is 5.71 Å². The third-order valence-corrected chi connectivity index (χ3v) is 4.42. The molecule has 140 valence electrons. The monoisotopic (exact) mass is 375 g/mol. The highest BCUT2D eigenvalue weighted by molar-refractivity contribution is 6.05. The van der Waals surface area contributed by atoms with Crippen molar-refractivity contribution in [2.24, 2.45) is 0 Å². The van der Waals surface area contributed by atoms with E-state index in [-0.39, 0.29) is 23.7 Å². The number of ketones is 1. The van der Waals surface area contributed by atoms with Crippen LogP contribution in [-0.2, 0) is 4.74 Å². The van der Waals surface area contributed by atoms with Crippen molar-refractivity contribution >= 4 is 22.9 Å². The molecule has 0 atom stereocenters. The highest BCUT2D eigenvalue weighted by Crippen LogP contribution is 2.27. The topological polar surface area (TPSA) is 98.1 Å². The van der Waals surface area contributed by atoms with E-state index in [1.54, 1.807) is 31.3 Å². The van der Waals surface area contributed by atoms with Crippen molar-refractivity contribution < 1.29 is 18.8 Å². The van der Waals surface area contributed by atoms with Crippen LogP contribution in [0.1, 0.15) is 32.1 Å². The second-order valence-corrected chi connectivity index (χ2v) is 6.45. The lowest BCUT2D eigenvalue weighted by Crippen LogP contribution is -2.15. The number of hydrogen-bond acceptors (Lipinski definition) is 6. The number of rotatable bonds is 5. The zero-order chi connectivity index (χ0) is 19.7. The van der Waals surface area contributed by atoms with E-state index < -0.39 is 5.97 Å². The van der Waals surface area contributed by atoms with Crippen LogP contribution in [0.25, 0.3) is 22.4 Å². The molecule has 7 nitrogen and oxygen atoms in total. The van der Waals surface area contributed by atoms with E-state index in [9.17, 15) is 9.59 Å². The number of aromatic nitrogens is 3. The van der Waals surface area contributed by atoms with Gasteiger partial charge in [0.1, 0.15) is 0 Å². The van der Waals surface area contributed by atoms with Crippen LogP contribution in [0.2, 0.25) is 0 Å². The maximum absolute atomic E-state index is 12.7. The summed E-state index contributed by atoms with van der Waals surface area (Å²) in [4.78, 5) is 32.1. The Kier molecular flexibility index (Phi) is 4.49. The van der Waals surface area contributed by atoms with Crippen molar-refractivity contribution in [2.45, 2.75) is 13.8 Å². The van der Waals surface area contributed by atoms with Crippen LogP contribution in [-0.4, -0.2) is 33.5 Å². The van der Waals surface area contributed by atoms with Gasteiger partial charge in [0.05, 0.1) is 28.0 Å². The van der Waals surface area contributed by atoms with Gasteiger partial charge < -0.3 is 14.2 Å². The fourth-order valence-electron chi connectivity index (χ4n) is 2.92. The minimum atomic E-state index is -0.632. The van der Waals surface area contributed by atoms with Crippen molar-refractivity contribution in [2.75, 3.05) is 6.61 Å². The third-order valence-electron chi connectivity index (χ3n) is 4.42. The molecular weight excluding hydrogens is 358 g/mol. The van der Waals surface area contributed by atoms with Crippen molar-refractivity contribution in [3.8, 4) is 11.3 Å². The number of benzene rings is 1. The molecule has 7 heteroatoms. The molecule has 28 heavy (non-hydrogen) atoms. The largest absolute Gasteiger partial charge is 0.454 e. The summed E-state index contributed by atoms with van der Waals surface area (Å²) in [7, 11) is 0. The molecule has 1 N–H and O–H groups in total. The van der Waals surface area contributed by atoms with E-state index in [1.165, 1.54) is 0 Å². The highest BCUT2D eigenvalue weighted by atomic mass is 16.5. The fraction of sp³-hybridized carbons (Fsp3) is 0.143. The number of esters is 1. The van der Waals surface area contributed by atoms with Gasteiger partial charge in [-0.3, -0.25) is 4.79 Å². The Morgan fingerprint density at radius 2 is 1.93 bits per heavy atom. The Balaban J connectivity index is 1.68. The van der Waals surface area contributed by atoms with Gasteiger partial charge in [-0.15, -0.1) is 0 Å². The van der Waals surface area contributed by atoms with Crippen molar-refractivity contribution in [1.29, 1.82) is 0 Å². The Hall–Kier alpha value is -3.74. The van der Waals surface area contributed by atoms with Gasteiger partial charge in [-0.1, -0.05) is 35.0 Å². The number of pyridine rings is 1. The summed E-state index contributed by atoms with van der Waals surface area (Å²) in [5.41, 5.74) is 3.93. The molecule has 0 radical (unpaired) electrons. The first kappa shape index (κ1) is 17.7. The number of H-pyrrole nitrogens is 1. The first-order chi connectivity index (χ1) is 13.5.